The largest absolute Gasteiger partial charge is 0.323 e. The SMILES string of the molecule is O=C(Nc1ccccc1)Nc1ccc(N=Nc2ccc(NC(=O)Nc3ccccc3)cc2)cc1. The number of nitrogens with one attached hydrogen (secondary N) is 4. The van der Waals surface area contributed by atoms with Crippen LogP contribution in [0.15, 0.2) is 119 Å². The molecule has 8 nitrogen and oxygen atoms in total. The normalized spacial score (nSPS) is 10.5. The molecule has 0 spiro atoms. The molecule has 4 aromatic carbocycles. The van der Waals surface area contributed by atoms with Gasteiger partial charge in [-0.15, -0.1) is 0 Å². The van der Waals surface area contributed by atoms with Crippen molar-refractivity contribution in [1.82, 2.24) is 0 Å². The van der Waals surface area contributed by atoms with Gasteiger partial charge in [-0.3, -0.25) is 0 Å². The van der Waals surface area contributed by atoms with Crippen LogP contribution >= 0.6 is 0 Å². The summed E-state index contributed by atoms with van der Waals surface area (Å²) in [6, 6.07) is 31.8. The molecule has 0 unspecified atom stereocenters. The summed E-state index contributed by atoms with van der Waals surface area (Å²) in [7, 11) is 0. The van der Waals surface area contributed by atoms with Crippen LogP contribution in [0.5, 0.6) is 0 Å². The number of amides is 4. The van der Waals surface area contributed by atoms with Gasteiger partial charge in [0.25, 0.3) is 0 Å². The van der Waals surface area contributed by atoms with E-state index in [4.69, 9.17) is 0 Å². The maximum Gasteiger partial charge on any atom is 0.323 e. The van der Waals surface area contributed by atoms with E-state index in [-0.39, 0.29) is 12.1 Å². The third-order valence-corrected chi connectivity index (χ3v) is 4.59. The van der Waals surface area contributed by atoms with E-state index in [0.717, 1.165) is 0 Å². The molecule has 4 N–H and O–H groups in total. The van der Waals surface area contributed by atoms with Crippen LogP contribution < -0.4 is 21.3 Å². The van der Waals surface area contributed by atoms with Crippen molar-refractivity contribution < 1.29 is 9.59 Å². The Bertz CT molecular complexity index is 1160. The number of urea groups is 2. The van der Waals surface area contributed by atoms with Gasteiger partial charge >= 0.3 is 12.1 Å². The van der Waals surface area contributed by atoms with Crippen molar-refractivity contribution in [3.05, 3.63) is 109 Å². The number of nitrogens with zero attached hydrogens (tertiary/aromatic N) is 2. The first kappa shape index (κ1) is 22.2. The summed E-state index contributed by atoms with van der Waals surface area (Å²) in [5, 5.41) is 19.5. The quantitative estimate of drug-likeness (QED) is 0.230. The van der Waals surface area contributed by atoms with Crippen LogP contribution in [-0.2, 0) is 0 Å². The second kappa shape index (κ2) is 11.1. The molecule has 0 saturated heterocycles. The molecule has 4 amide bonds. The molecular formula is C26H22N6O2. The Balaban J connectivity index is 1.27. The van der Waals surface area contributed by atoms with Gasteiger partial charge in [0.15, 0.2) is 0 Å². The van der Waals surface area contributed by atoms with Crippen LogP contribution in [0.2, 0.25) is 0 Å². The molecular weight excluding hydrogens is 428 g/mol. The van der Waals surface area contributed by atoms with Crippen LogP contribution in [0.25, 0.3) is 0 Å². The molecule has 0 heterocycles. The number of anilines is 4. The number of hydrogen-bond donors (Lipinski definition) is 4. The summed E-state index contributed by atoms with van der Waals surface area (Å²) < 4.78 is 0. The lowest BCUT2D eigenvalue weighted by Gasteiger charge is -2.07. The standard InChI is InChI=1S/C26H22N6O2/c33-25(27-19-7-3-1-4-8-19)29-21-11-15-23(16-12-21)31-32-24-17-13-22(14-18-24)30-26(34)28-20-9-5-2-6-10-20/h1-18H,(H2,27,29,33)(H2,28,30,34). The van der Waals surface area contributed by atoms with Crippen LogP contribution in [-0.4, -0.2) is 12.1 Å². The molecule has 0 fully saturated rings. The molecule has 168 valence electrons. The third-order valence-electron chi connectivity index (χ3n) is 4.59. The summed E-state index contributed by atoms with van der Waals surface area (Å²) in [6.45, 7) is 0. The zero-order valence-corrected chi connectivity index (χ0v) is 18.1. The molecule has 8 heteroatoms. The highest BCUT2D eigenvalue weighted by Crippen LogP contribution is 2.22. The number of para-hydroxylation sites is 2. The zero-order chi connectivity index (χ0) is 23.6. The number of azo groups is 1. The van der Waals surface area contributed by atoms with E-state index in [9.17, 15) is 9.59 Å². The van der Waals surface area contributed by atoms with Gasteiger partial charge in [0.05, 0.1) is 11.4 Å². The van der Waals surface area contributed by atoms with Crippen LogP contribution in [0, 0.1) is 0 Å². The van der Waals surface area contributed by atoms with Crippen LogP contribution in [0.1, 0.15) is 0 Å². The predicted octanol–water partition coefficient (Wildman–Crippen LogP) is 7.39. The highest BCUT2D eigenvalue weighted by molar-refractivity contribution is 6.00. The second-order valence-electron chi connectivity index (χ2n) is 7.18. The number of hydrogen-bond acceptors (Lipinski definition) is 4. The maximum atomic E-state index is 12.1. The van der Waals surface area contributed by atoms with E-state index in [1.807, 2.05) is 60.7 Å². The van der Waals surface area contributed by atoms with E-state index in [0.29, 0.717) is 34.1 Å². The van der Waals surface area contributed by atoms with Crippen molar-refractivity contribution in [2.45, 2.75) is 0 Å². The number of carbonyl (C=O) groups excluding carboxylic acids is 2. The molecule has 34 heavy (non-hydrogen) atoms. The Morgan fingerprint density at radius 1 is 0.412 bits per heavy atom. The highest BCUT2D eigenvalue weighted by atomic mass is 16.2. The Morgan fingerprint density at radius 2 is 0.706 bits per heavy atom. The van der Waals surface area contributed by atoms with Crippen LogP contribution in [0.4, 0.5) is 43.7 Å². The first-order valence-electron chi connectivity index (χ1n) is 10.5. The minimum Gasteiger partial charge on any atom is -0.308 e. The van der Waals surface area contributed by atoms with Gasteiger partial charge in [-0.25, -0.2) is 9.59 Å². The first-order chi connectivity index (χ1) is 16.6. The maximum absolute atomic E-state index is 12.1. The molecule has 0 aliphatic heterocycles. The lowest BCUT2D eigenvalue weighted by Crippen LogP contribution is -2.19. The summed E-state index contributed by atoms with van der Waals surface area (Å²) in [5.41, 5.74) is 3.97. The summed E-state index contributed by atoms with van der Waals surface area (Å²) in [6.07, 6.45) is 0. The van der Waals surface area contributed by atoms with Gasteiger partial charge in [-0.05, 0) is 72.8 Å². The predicted molar refractivity (Wildman–Crippen MR) is 135 cm³/mol. The van der Waals surface area contributed by atoms with Crippen molar-refractivity contribution in [1.29, 1.82) is 0 Å². The smallest absolute Gasteiger partial charge is 0.308 e. The summed E-state index contributed by atoms with van der Waals surface area (Å²) >= 11 is 0. The Labute approximate surface area is 196 Å². The second-order valence-corrected chi connectivity index (χ2v) is 7.18. The van der Waals surface area contributed by atoms with Crippen molar-refractivity contribution >= 4 is 46.2 Å². The Hall–Kier alpha value is -4.98. The lowest BCUT2D eigenvalue weighted by molar-refractivity contribution is 0.261. The fraction of sp³-hybridized carbons (Fsp3) is 0. The van der Waals surface area contributed by atoms with Gasteiger partial charge in [-0.2, -0.15) is 10.2 Å². The Morgan fingerprint density at radius 3 is 1.03 bits per heavy atom. The molecule has 0 aliphatic rings. The molecule has 0 bridgehead atoms. The molecule has 0 aromatic heterocycles. The highest BCUT2D eigenvalue weighted by Gasteiger charge is 2.04. The van der Waals surface area contributed by atoms with Crippen molar-refractivity contribution in [3.63, 3.8) is 0 Å². The molecule has 0 saturated carbocycles. The molecule has 0 atom stereocenters. The zero-order valence-electron chi connectivity index (χ0n) is 18.1. The fourth-order valence-electron chi connectivity index (χ4n) is 2.97. The van der Waals surface area contributed by atoms with Gasteiger partial charge in [-0.1, -0.05) is 36.4 Å². The minimum absolute atomic E-state index is 0.327. The van der Waals surface area contributed by atoms with Crippen molar-refractivity contribution in [3.8, 4) is 0 Å². The minimum atomic E-state index is -0.327. The van der Waals surface area contributed by atoms with E-state index in [1.165, 1.54) is 0 Å². The topological polar surface area (TPSA) is 107 Å². The summed E-state index contributed by atoms with van der Waals surface area (Å²) in [5.74, 6) is 0. The van der Waals surface area contributed by atoms with E-state index < -0.39 is 0 Å². The molecule has 4 rings (SSSR count). The molecule has 0 aliphatic carbocycles. The lowest BCUT2D eigenvalue weighted by atomic mass is 10.3. The average Bonchev–Trinajstić information content (AvgIpc) is 2.85. The third kappa shape index (κ3) is 6.76. The van der Waals surface area contributed by atoms with E-state index in [1.54, 1.807) is 48.5 Å². The van der Waals surface area contributed by atoms with Gasteiger partial charge in [0.2, 0.25) is 0 Å². The number of rotatable bonds is 6. The first-order valence-corrected chi connectivity index (χ1v) is 10.5. The monoisotopic (exact) mass is 450 g/mol. The number of carbonyl (C=O) groups is 2. The van der Waals surface area contributed by atoms with Crippen molar-refractivity contribution in [2.75, 3.05) is 21.3 Å². The van der Waals surface area contributed by atoms with Gasteiger partial charge < -0.3 is 21.3 Å². The molecule has 0 radical (unpaired) electrons. The Kier molecular flexibility index (Phi) is 7.22. The fourth-order valence-corrected chi connectivity index (χ4v) is 2.97. The average molecular weight is 451 g/mol. The van der Waals surface area contributed by atoms with E-state index >= 15 is 0 Å². The molecule has 4 aromatic rings. The summed E-state index contributed by atoms with van der Waals surface area (Å²) in [4.78, 5) is 24.1. The van der Waals surface area contributed by atoms with Crippen molar-refractivity contribution in [2.24, 2.45) is 10.2 Å². The van der Waals surface area contributed by atoms with Crippen LogP contribution in [0.3, 0.4) is 0 Å². The van der Waals surface area contributed by atoms with Gasteiger partial charge in [0.1, 0.15) is 0 Å². The van der Waals surface area contributed by atoms with E-state index in [2.05, 4.69) is 31.5 Å². The van der Waals surface area contributed by atoms with Gasteiger partial charge in [0, 0.05) is 22.7 Å². The number of benzene rings is 4.